The van der Waals surface area contributed by atoms with E-state index in [0.29, 0.717) is 31.3 Å². The predicted octanol–water partition coefficient (Wildman–Crippen LogP) is 2.78. The van der Waals surface area contributed by atoms with E-state index in [2.05, 4.69) is 17.3 Å². The summed E-state index contributed by atoms with van der Waals surface area (Å²) in [5.74, 6) is 0.349. The Balaban J connectivity index is 2.51. The lowest BCUT2D eigenvalue weighted by atomic mass is 10.2. The second-order valence-electron chi connectivity index (χ2n) is 5.15. The zero-order chi connectivity index (χ0) is 15.0. The normalized spacial score (nSPS) is 11.1. The molecule has 0 aliphatic rings. The highest BCUT2D eigenvalue weighted by Gasteiger charge is 2.09. The number of anilines is 1. The van der Waals surface area contributed by atoms with Crippen LogP contribution in [0.3, 0.4) is 0 Å². The maximum absolute atomic E-state index is 12.0. The van der Waals surface area contributed by atoms with Gasteiger partial charge in [0.2, 0.25) is 0 Å². The van der Waals surface area contributed by atoms with Gasteiger partial charge < -0.3 is 10.1 Å². The van der Waals surface area contributed by atoms with Crippen LogP contribution in [-0.4, -0.2) is 29.5 Å². The van der Waals surface area contributed by atoms with Crippen molar-refractivity contribution >= 4 is 17.3 Å². The van der Waals surface area contributed by atoms with Crippen molar-refractivity contribution in [2.75, 3.05) is 25.1 Å². The van der Waals surface area contributed by atoms with Crippen LogP contribution in [0.15, 0.2) is 11.0 Å². The van der Waals surface area contributed by atoms with Crippen molar-refractivity contribution in [1.82, 2.24) is 9.78 Å². The van der Waals surface area contributed by atoms with E-state index in [-0.39, 0.29) is 10.6 Å². The van der Waals surface area contributed by atoms with Crippen LogP contribution in [-0.2, 0) is 11.3 Å². The monoisotopic (exact) mass is 301 g/mol. The highest BCUT2D eigenvalue weighted by atomic mass is 35.5. The summed E-state index contributed by atoms with van der Waals surface area (Å²) in [5, 5.41) is 7.39. The molecule has 1 heterocycles. The van der Waals surface area contributed by atoms with Gasteiger partial charge in [-0.3, -0.25) is 4.79 Å². The Labute approximate surface area is 125 Å². The maximum atomic E-state index is 12.0. The Morgan fingerprint density at radius 1 is 1.45 bits per heavy atom. The Kier molecular flexibility index (Phi) is 7.62. The number of hydrogen-bond donors (Lipinski definition) is 1. The number of nitrogens with one attached hydrogen (secondary N) is 1. The minimum Gasteiger partial charge on any atom is -0.380 e. The van der Waals surface area contributed by atoms with Gasteiger partial charge in [0.1, 0.15) is 5.02 Å². The molecule has 0 atom stereocenters. The first-order chi connectivity index (χ1) is 9.56. The second kappa shape index (κ2) is 8.97. The van der Waals surface area contributed by atoms with E-state index in [4.69, 9.17) is 16.3 Å². The van der Waals surface area contributed by atoms with Crippen LogP contribution in [0, 0.1) is 5.92 Å². The SMILES string of the molecule is CCCCOCCNc1cnn(CC(C)C)c(=O)c1Cl. The van der Waals surface area contributed by atoms with Crippen LogP contribution >= 0.6 is 11.6 Å². The van der Waals surface area contributed by atoms with Crippen molar-refractivity contribution < 1.29 is 4.74 Å². The average Bonchev–Trinajstić information content (AvgIpc) is 2.41. The Hall–Kier alpha value is -1.07. The number of hydrogen-bond acceptors (Lipinski definition) is 4. The van der Waals surface area contributed by atoms with Crippen LogP contribution in [0.1, 0.15) is 33.6 Å². The fraction of sp³-hybridized carbons (Fsp3) is 0.714. The lowest BCUT2D eigenvalue weighted by Crippen LogP contribution is -2.26. The molecule has 114 valence electrons. The van der Waals surface area contributed by atoms with Crippen LogP contribution in [0.5, 0.6) is 0 Å². The van der Waals surface area contributed by atoms with Gasteiger partial charge in [-0.1, -0.05) is 38.8 Å². The molecule has 5 nitrogen and oxygen atoms in total. The molecule has 1 aromatic rings. The van der Waals surface area contributed by atoms with Crippen LogP contribution in [0.4, 0.5) is 5.69 Å². The molecule has 20 heavy (non-hydrogen) atoms. The summed E-state index contributed by atoms with van der Waals surface area (Å²) in [6.07, 6.45) is 3.78. The van der Waals surface area contributed by atoms with Gasteiger partial charge >= 0.3 is 0 Å². The summed E-state index contributed by atoms with van der Waals surface area (Å²) in [5.41, 5.74) is 0.313. The molecule has 0 aliphatic heterocycles. The number of halogens is 1. The third-order valence-electron chi connectivity index (χ3n) is 2.73. The Morgan fingerprint density at radius 2 is 2.20 bits per heavy atom. The van der Waals surface area contributed by atoms with Gasteiger partial charge in [-0.05, 0) is 12.3 Å². The van der Waals surface area contributed by atoms with Crippen LogP contribution < -0.4 is 10.9 Å². The molecule has 0 spiro atoms. The minimum absolute atomic E-state index is 0.189. The standard InChI is InChI=1S/C14H24ClN3O2/c1-4-5-7-20-8-6-16-12-9-17-18(10-11(2)3)14(19)13(12)15/h9,11,16H,4-8,10H2,1-3H3. The number of ether oxygens (including phenoxy) is 1. The number of aromatic nitrogens is 2. The highest BCUT2D eigenvalue weighted by molar-refractivity contribution is 6.32. The molecule has 0 saturated carbocycles. The summed E-state index contributed by atoms with van der Waals surface area (Å²) in [7, 11) is 0. The van der Waals surface area contributed by atoms with E-state index in [1.165, 1.54) is 4.68 Å². The van der Waals surface area contributed by atoms with E-state index in [0.717, 1.165) is 19.4 Å². The topological polar surface area (TPSA) is 56.1 Å². The molecule has 1 N–H and O–H groups in total. The molecule has 1 aromatic heterocycles. The number of nitrogens with zero attached hydrogens (tertiary/aromatic N) is 2. The fourth-order valence-electron chi connectivity index (χ4n) is 1.67. The first kappa shape index (κ1) is 17.0. The van der Waals surface area contributed by atoms with Gasteiger partial charge in [-0.2, -0.15) is 5.10 Å². The average molecular weight is 302 g/mol. The minimum atomic E-state index is -0.253. The van der Waals surface area contributed by atoms with E-state index >= 15 is 0 Å². The van der Waals surface area contributed by atoms with Crippen molar-refractivity contribution in [2.24, 2.45) is 5.92 Å². The Morgan fingerprint density at radius 3 is 2.85 bits per heavy atom. The maximum Gasteiger partial charge on any atom is 0.287 e. The number of unbranched alkanes of at least 4 members (excludes halogenated alkanes) is 1. The molecule has 0 aromatic carbocycles. The van der Waals surface area contributed by atoms with E-state index < -0.39 is 0 Å². The van der Waals surface area contributed by atoms with Crippen LogP contribution in [0.2, 0.25) is 5.02 Å². The van der Waals surface area contributed by atoms with Crippen molar-refractivity contribution in [1.29, 1.82) is 0 Å². The molecule has 0 amide bonds. The largest absolute Gasteiger partial charge is 0.380 e. The van der Waals surface area contributed by atoms with E-state index in [9.17, 15) is 4.79 Å². The molecule has 0 aliphatic carbocycles. The summed E-state index contributed by atoms with van der Waals surface area (Å²) >= 11 is 6.07. The smallest absolute Gasteiger partial charge is 0.287 e. The second-order valence-corrected chi connectivity index (χ2v) is 5.52. The van der Waals surface area contributed by atoms with Gasteiger partial charge in [0.15, 0.2) is 0 Å². The molecule has 0 unspecified atom stereocenters. The molecule has 0 saturated heterocycles. The Bertz CT molecular complexity index is 460. The van der Waals surface area contributed by atoms with E-state index in [1.54, 1.807) is 6.20 Å². The zero-order valence-electron chi connectivity index (χ0n) is 12.5. The summed E-state index contributed by atoms with van der Waals surface area (Å²) < 4.78 is 6.83. The van der Waals surface area contributed by atoms with Gasteiger partial charge in [0.25, 0.3) is 5.56 Å². The van der Waals surface area contributed by atoms with Gasteiger partial charge in [-0.15, -0.1) is 0 Å². The van der Waals surface area contributed by atoms with E-state index in [1.807, 2.05) is 13.8 Å². The summed E-state index contributed by atoms with van der Waals surface area (Å²) in [6, 6.07) is 0. The lowest BCUT2D eigenvalue weighted by Gasteiger charge is -2.11. The lowest BCUT2D eigenvalue weighted by molar-refractivity contribution is 0.141. The fourth-order valence-corrected chi connectivity index (χ4v) is 1.88. The van der Waals surface area contributed by atoms with Gasteiger partial charge in [0.05, 0.1) is 18.5 Å². The molecular formula is C14H24ClN3O2. The summed E-state index contributed by atoms with van der Waals surface area (Å²) in [4.78, 5) is 12.0. The first-order valence-corrected chi connectivity index (χ1v) is 7.51. The predicted molar refractivity (Wildman–Crippen MR) is 82.6 cm³/mol. The molecule has 6 heteroatoms. The summed E-state index contributed by atoms with van der Waals surface area (Å²) in [6.45, 7) is 8.71. The molecule has 1 rings (SSSR count). The molecule has 0 bridgehead atoms. The molecular weight excluding hydrogens is 278 g/mol. The third kappa shape index (κ3) is 5.51. The van der Waals surface area contributed by atoms with Crippen molar-refractivity contribution in [2.45, 2.75) is 40.2 Å². The van der Waals surface area contributed by atoms with Crippen molar-refractivity contribution in [3.05, 3.63) is 21.6 Å². The van der Waals surface area contributed by atoms with Gasteiger partial charge in [0, 0.05) is 19.7 Å². The number of rotatable bonds is 9. The first-order valence-electron chi connectivity index (χ1n) is 7.13. The van der Waals surface area contributed by atoms with Crippen molar-refractivity contribution in [3.63, 3.8) is 0 Å². The van der Waals surface area contributed by atoms with Gasteiger partial charge in [-0.25, -0.2) is 4.68 Å². The highest BCUT2D eigenvalue weighted by Crippen LogP contribution is 2.15. The van der Waals surface area contributed by atoms with Crippen LogP contribution in [0.25, 0.3) is 0 Å². The molecule has 0 radical (unpaired) electrons. The zero-order valence-corrected chi connectivity index (χ0v) is 13.2. The van der Waals surface area contributed by atoms with Crippen molar-refractivity contribution in [3.8, 4) is 0 Å². The quantitative estimate of drug-likeness (QED) is 0.713. The molecule has 0 fully saturated rings. The third-order valence-corrected chi connectivity index (χ3v) is 3.09.